The molecule has 39 heavy (non-hydrogen) atoms. The number of hydrogen-bond acceptors (Lipinski definition) is 4. The number of carbonyl (C=O) groups is 1. The van der Waals surface area contributed by atoms with Gasteiger partial charge >= 0.3 is 0 Å². The van der Waals surface area contributed by atoms with Crippen molar-refractivity contribution in [1.82, 2.24) is 4.72 Å². The third-order valence-electron chi connectivity index (χ3n) is 6.87. The number of nitrogens with one attached hydrogen (secondary N) is 1. The number of aldehydes is 1. The van der Waals surface area contributed by atoms with Crippen LogP contribution in [0.1, 0.15) is 36.8 Å². The van der Waals surface area contributed by atoms with E-state index in [2.05, 4.69) is 82.8 Å². The van der Waals surface area contributed by atoms with Crippen LogP contribution < -0.4 is 14.6 Å². The number of sulfonamides is 1. The van der Waals surface area contributed by atoms with Crippen LogP contribution in [0.5, 0.6) is 0 Å². The van der Waals surface area contributed by atoms with E-state index < -0.39 is 17.9 Å². The van der Waals surface area contributed by atoms with Crippen molar-refractivity contribution in [3.8, 4) is 0 Å². The van der Waals surface area contributed by atoms with Crippen molar-refractivity contribution in [2.24, 2.45) is 0 Å². The number of thioether (sulfide) groups is 1. The molecular weight excluding hydrogens is 543 g/mol. The van der Waals surface area contributed by atoms with E-state index in [0.717, 1.165) is 42.3 Å². The van der Waals surface area contributed by atoms with Gasteiger partial charge in [-0.2, -0.15) is 4.57 Å². The van der Waals surface area contributed by atoms with Gasteiger partial charge < -0.3 is 4.79 Å². The first-order valence-corrected chi connectivity index (χ1v) is 17.2. The molecule has 1 atom stereocenters. The molecule has 2 heterocycles. The molecule has 5 rings (SSSR count). The fraction of sp³-hybridized carbons (Fsp3) is 0.226. The van der Waals surface area contributed by atoms with Crippen molar-refractivity contribution >= 4 is 58.3 Å². The Morgan fingerprint density at radius 1 is 0.949 bits per heavy atom. The van der Waals surface area contributed by atoms with Crippen LogP contribution in [0.3, 0.4) is 0 Å². The minimum Gasteiger partial charge on any atom is -0.303 e. The largest absolute Gasteiger partial charge is 0.303 e. The molecule has 1 aromatic heterocycles. The molecule has 0 saturated carbocycles. The average molecular weight is 576 g/mol. The molecule has 0 fully saturated rings. The second kappa shape index (κ2) is 12.6. The van der Waals surface area contributed by atoms with Gasteiger partial charge in [0.15, 0.2) is 12.7 Å². The number of hydrogen-bond donors (Lipinski definition) is 1. The third kappa shape index (κ3) is 6.50. The van der Waals surface area contributed by atoms with Crippen LogP contribution in [0.2, 0.25) is 0 Å². The normalized spacial score (nSPS) is 16.0. The maximum absolute atomic E-state index is 12.9. The maximum Gasteiger partial charge on any atom is 0.240 e. The van der Waals surface area contributed by atoms with Crippen molar-refractivity contribution in [2.45, 2.75) is 42.0 Å². The average Bonchev–Trinajstić information content (AvgIpc) is 3.26. The van der Waals surface area contributed by atoms with E-state index in [4.69, 9.17) is 0 Å². The number of benzene rings is 3. The summed E-state index contributed by atoms with van der Waals surface area (Å²) in [6.07, 6.45) is 8.20. The Morgan fingerprint density at radius 2 is 1.74 bits per heavy atom. The Bertz CT molecular complexity index is 1620. The maximum atomic E-state index is 12.9. The monoisotopic (exact) mass is 575 g/mol. The Kier molecular flexibility index (Phi) is 8.93. The second-order valence-electron chi connectivity index (χ2n) is 9.59. The first-order chi connectivity index (χ1) is 19.0. The number of rotatable bonds is 11. The van der Waals surface area contributed by atoms with Gasteiger partial charge in [-0.15, -0.1) is 0 Å². The van der Waals surface area contributed by atoms with Crippen molar-refractivity contribution in [3.63, 3.8) is 0 Å². The highest BCUT2D eigenvalue weighted by Gasteiger charge is 2.27. The highest BCUT2D eigenvalue weighted by molar-refractivity contribution is 8.14. The van der Waals surface area contributed by atoms with E-state index in [-0.39, 0.29) is 0 Å². The predicted molar refractivity (Wildman–Crippen MR) is 162 cm³/mol. The number of nitrogens with zero attached hydrogens (tertiary/aromatic N) is 1. The summed E-state index contributed by atoms with van der Waals surface area (Å²) in [7, 11) is -4.24. The lowest BCUT2D eigenvalue weighted by molar-refractivity contribution is -0.662. The molecular formula is C31H32N2O3PS2+. The molecule has 1 aliphatic heterocycles. The zero-order chi connectivity index (χ0) is 27.2. The quantitative estimate of drug-likeness (QED) is 0.102. The predicted octanol–water partition coefficient (Wildman–Crippen LogP) is 6.05. The van der Waals surface area contributed by atoms with Gasteiger partial charge in [-0.05, 0) is 68.6 Å². The highest BCUT2D eigenvalue weighted by Crippen LogP contribution is 2.57. The van der Waals surface area contributed by atoms with Gasteiger partial charge in [0.05, 0.1) is 10.3 Å². The fourth-order valence-electron chi connectivity index (χ4n) is 4.74. The molecule has 0 bridgehead atoms. The number of unbranched alkanes of at least 4 members (excludes halogenated alkanes) is 3. The number of carbonyl (C=O) groups excluding carboxylic acids is 1. The van der Waals surface area contributed by atoms with Gasteiger partial charge in [-0.25, -0.2) is 13.1 Å². The number of fused-ring (bicyclic) bond motifs is 2. The molecule has 0 saturated heterocycles. The first-order valence-electron chi connectivity index (χ1n) is 13.1. The van der Waals surface area contributed by atoms with E-state index in [1.807, 2.05) is 18.2 Å². The summed E-state index contributed by atoms with van der Waals surface area (Å²) >= 11 is 1.74. The lowest BCUT2D eigenvalue weighted by Crippen LogP contribution is -2.34. The zero-order valence-corrected chi connectivity index (χ0v) is 24.4. The summed E-state index contributed by atoms with van der Waals surface area (Å²) < 4.78 is 32.1. The lowest BCUT2D eigenvalue weighted by Gasteiger charge is -2.10. The van der Waals surface area contributed by atoms with Crippen molar-refractivity contribution in [2.75, 3.05) is 13.2 Å². The Morgan fingerprint density at radius 3 is 2.56 bits per heavy atom. The standard InChI is InChI=1S/C31H32N2O3PS2/c1-37-29-22-26(39(35,36)32-18-9-2-3-10-20-34)15-16-30(29)38-31(37)21-25-17-19-33(23-24-11-5-4-6-12-24)28-14-8-7-13-27(25)28/h4-8,11-17,19-22,32H,2-3,9-10,18,23H2,1H3/q+1. The van der Waals surface area contributed by atoms with E-state index >= 15 is 0 Å². The molecule has 0 radical (unpaired) electrons. The zero-order valence-electron chi connectivity index (χ0n) is 21.9. The summed E-state index contributed by atoms with van der Waals surface area (Å²) in [5.41, 5.74) is 3.61. The third-order valence-corrected chi connectivity index (χ3v) is 12.4. The van der Waals surface area contributed by atoms with Crippen molar-refractivity contribution in [1.29, 1.82) is 0 Å². The first kappa shape index (κ1) is 27.7. The van der Waals surface area contributed by atoms with Crippen LogP contribution >= 0.6 is 19.7 Å². The topological polar surface area (TPSA) is 67.1 Å². The molecule has 4 aromatic rings. The Hall–Kier alpha value is -2.83. The van der Waals surface area contributed by atoms with Crippen LogP contribution in [0.25, 0.3) is 17.0 Å². The number of aromatic nitrogens is 1. The fourth-order valence-corrected chi connectivity index (χ4v) is 9.64. The minimum absolute atomic E-state index is 0.317. The van der Waals surface area contributed by atoms with Gasteiger partial charge in [-0.3, -0.25) is 0 Å². The van der Waals surface area contributed by atoms with Crippen molar-refractivity contribution in [3.05, 3.63) is 101 Å². The molecule has 3 aromatic carbocycles. The van der Waals surface area contributed by atoms with Crippen molar-refractivity contribution < 1.29 is 17.8 Å². The summed E-state index contributed by atoms with van der Waals surface area (Å²) in [6.45, 7) is 3.39. The van der Waals surface area contributed by atoms with Crippen LogP contribution in [0.15, 0.2) is 99.5 Å². The summed E-state index contributed by atoms with van der Waals surface area (Å²) in [6, 6.07) is 26.6. The van der Waals surface area contributed by atoms with E-state index in [9.17, 15) is 13.2 Å². The van der Waals surface area contributed by atoms with Crippen LogP contribution in [0.4, 0.5) is 0 Å². The van der Waals surface area contributed by atoms with E-state index in [1.165, 1.54) is 26.7 Å². The second-order valence-corrected chi connectivity index (χ2v) is 14.8. The molecule has 5 nitrogen and oxygen atoms in total. The van der Waals surface area contributed by atoms with Gasteiger partial charge in [-0.1, -0.05) is 60.6 Å². The lowest BCUT2D eigenvalue weighted by atomic mass is 10.1. The van der Waals surface area contributed by atoms with Gasteiger partial charge in [0.25, 0.3) is 0 Å². The molecule has 8 heteroatoms. The SMILES string of the molecule is CP1C(=Cc2cc[n+](Cc3ccccc3)c3ccccc23)Sc2ccc(S(=O)(=O)NCCCCCC=O)cc21. The number of pyridine rings is 1. The molecule has 1 unspecified atom stereocenters. The molecule has 1 N–H and O–H groups in total. The van der Waals surface area contributed by atoms with Gasteiger partial charge in [0.1, 0.15) is 6.29 Å². The summed E-state index contributed by atoms with van der Waals surface area (Å²) in [5.74, 6) is 0. The molecule has 0 aliphatic carbocycles. The highest BCUT2D eigenvalue weighted by atomic mass is 32.2. The Balaban J connectivity index is 1.36. The molecule has 200 valence electrons. The summed E-state index contributed by atoms with van der Waals surface area (Å²) in [5, 5.41) is 2.30. The molecule has 0 spiro atoms. The van der Waals surface area contributed by atoms with E-state index in [0.29, 0.717) is 17.9 Å². The van der Waals surface area contributed by atoms with Gasteiger partial charge in [0, 0.05) is 40.2 Å². The van der Waals surface area contributed by atoms with Crippen LogP contribution in [-0.4, -0.2) is 27.9 Å². The molecule has 1 aliphatic rings. The van der Waals surface area contributed by atoms with Gasteiger partial charge in [0.2, 0.25) is 15.5 Å². The summed E-state index contributed by atoms with van der Waals surface area (Å²) in [4.78, 5) is 11.9. The minimum atomic E-state index is -3.57. The number of para-hydroxylation sites is 1. The van der Waals surface area contributed by atoms with E-state index in [1.54, 1.807) is 17.8 Å². The molecule has 0 amide bonds. The van der Waals surface area contributed by atoms with Crippen LogP contribution in [0, 0.1) is 0 Å². The Labute approximate surface area is 236 Å². The van der Waals surface area contributed by atoms with Crippen LogP contribution in [-0.2, 0) is 21.4 Å². The smallest absolute Gasteiger partial charge is 0.240 e.